The molecule has 0 unspecified atom stereocenters. The molecule has 4 heterocycles. The van der Waals surface area contributed by atoms with Crippen molar-refractivity contribution in [2.24, 2.45) is 11.3 Å². The molecule has 10 nitrogen and oxygen atoms in total. The maximum Gasteiger partial charge on any atom is 0.490 e. The van der Waals surface area contributed by atoms with E-state index in [9.17, 15) is 39.5 Å². The summed E-state index contributed by atoms with van der Waals surface area (Å²) in [4.78, 5) is 36.2. The average Bonchev–Trinajstić information content (AvgIpc) is 3.65. The molecular formula is C26H30F9N3O7S. The van der Waals surface area contributed by atoms with Crippen LogP contribution in [0.25, 0.3) is 0 Å². The van der Waals surface area contributed by atoms with Crippen LogP contribution in [0.1, 0.15) is 17.7 Å². The van der Waals surface area contributed by atoms with Crippen LogP contribution in [0.4, 0.5) is 39.5 Å². The predicted molar refractivity (Wildman–Crippen MR) is 143 cm³/mol. The Morgan fingerprint density at radius 2 is 1.48 bits per heavy atom. The first-order chi connectivity index (χ1) is 21.1. The molecule has 260 valence electrons. The van der Waals surface area contributed by atoms with E-state index in [-0.39, 0.29) is 0 Å². The van der Waals surface area contributed by atoms with Crippen LogP contribution in [0, 0.1) is 11.3 Å². The number of aromatic nitrogens is 1. The number of hydrogen-bond donors (Lipinski definition) is 3. The lowest BCUT2D eigenvalue weighted by molar-refractivity contribution is -0.193. The highest BCUT2D eigenvalue weighted by Gasteiger charge is 2.49. The molecular weight excluding hydrogens is 669 g/mol. The van der Waals surface area contributed by atoms with E-state index in [1.807, 2.05) is 24.4 Å². The largest absolute Gasteiger partial charge is 0.490 e. The number of ether oxygens (including phenoxy) is 1. The molecule has 2 aromatic rings. The summed E-state index contributed by atoms with van der Waals surface area (Å²) in [5.74, 6) is -7.65. The van der Waals surface area contributed by atoms with Crippen LogP contribution >= 0.6 is 11.3 Å². The van der Waals surface area contributed by atoms with Crippen LogP contribution in [0.3, 0.4) is 0 Å². The Kier molecular flexibility index (Phi) is 15.4. The van der Waals surface area contributed by atoms with Crippen LogP contribution in [0.5, 0.6) is 0 Å². The van der Waals surface area contributed by atoms with Crippen molar-refractivity contribution >= 4 is 29.2 Å². The van der Waals surface area contributed by atoms with E-state index in [1.54, 1.807) is 11.3 Å². The quantitative estimate of drug-likeness (QED) is 0.353. The fraction of sp³-hybridized carbons (Fsp3) is 0.538. The number of halogens is 9. The Balaban J connectivity index is 0.000000413. The van der Waals surface area contributed by atoms with Crippen molar-refractivity contribution in [2.75, 3.05) is 39.8 Å². The van der Waals surface area contributed by atoms with Gasteiger partial charge in [0.1, 0.15) is 0 Å². The number of likely N-dealkylation sites (tertiary alicyclic amines) is 2. The summed E-state index contributed by atoms with van der Waals surface area (Å²) in [6.45, 7) is 7.31. The van der Waals surface area contributed by atoms with Crippen molar-refractivity contribution < 1.29 is 74.0 Å². The van der Waals surface area contributed by atoms with Gasteiger partial charge in [0.2, 0.25) is 0 Å². The highest BCUT2D eigenvalue weighted by molar-refractivity contribution is 7.07. The minimum absolute atomic E-state index is 0.398. The van der Waals surface area contributed by atoms with Gasteiger partial charge in [0, 0.05) is 43.7 Å². The van der Waals surface area contributed by atoms with E-state index in [2.05, 4.69) is 38.7 Å². The summed E-state index contributed by atoms with van der Waals surface area (Å²) in [7, 11) is 2.25. The summed E-state index contributed by atoms with van der Waals surface area (Å²) in [6.07, 6.45) is -12.1. The molecule has 2 fully saturated rings. The van der Waals surface area contributed by atoms with Crippen LogP contribution in [0.2, 0.25) is 0 Å². The van der Waals surface area contributed by atoms with Crippen LogP contribution < -0.4 is 0 Å². The van der Waals surface area contributed by atoms with Crippen molar-refractivity contribution in [2.45, 2.75) is 38.1 Å². The summed E-state index contributed by atoms with van der Waals surface area (Å²) in [6, 6.07) is 8.26. The van der Waals surface area contributed by atoms with Crippen LogP contribution in [-0.4, -0.2) is 106 Å². The van der Waals surface area contributed by atoms with Gasteiger partial charge in [-0.3, -0.25) is 9.88 Å². The number of nitrogens with zero attached hydrogens (tertiary/aromatic N) is 3. The molecule has 3 N–H and O–H groups in total. The van der Waals surface area contributed by atoms with Gasteiger partial charge in [0.25, 0.3) is 0 Å². The first-order valence-electron chi connectivity index (χ1n) is 12.9. The van der Waals surface area contributed by atoms with Crippen molar-refractivity contribution in [1.29, 1.82) is 0 Å². The Bertz CT molecular complexity index is 1170. The van der Waals surface area contributed by atoms with E-state index in [1.165, 1.54) is 31.6 Å². The number of rotatable bonds is 6. The summed E-state index contributed by atoms with van der Waals surface area (Å²) in [5, 5.41) is 25.8. The van der Waals surface area contributed by atoms with Crippen molar-refractivity contribution in [3.05, 3.63) is 52.5 Å². The van der Waals surface area contributed by atoms with Gasteiger partial charge in [-0.1, -0.05) is 6.07 Å². The number of alkyl halides is 9. The second kappa shape index (κ2) is 17.4. The molecule has 0 aromatic carbocycles. The molecule has 4 rings (SSSR count). The van der Waals surface area contributed by atoms with E-state index in [0.717, 1.165) is 25.4 Å². The maximum absolute atomic E-state index is 10.6. The molecule has 2 aliphatic rings. The molecule has 20 heteroatoms. The molecule has 2 aromatic heterocycles. The van der Waals surface area contributed by atoms with Crippen LogP contribution in [0.15, 0.2) is 41.2 Å². The average molecular weight is 700 g/mol. The van der Waals surface area contributed by atoms with Crippen LogP contribution in [-0.2, 0) is 32.3 Å². The fourth-order valence-corrected chi connectivity index (χ4v) is 5.20. The van der Waals surface area contributed by atoms with Gasteiger partial charge in [-0.15, -0.1) is 0 Å². The van der Waals surface area contributed by atoms with E-state index in [0.29, 0.717) is 17.9 Å². The zero-order valence-electron chi connectivity index (χ0n) is 23.9. The number of hydrogen-bond acceptors (Lipinski definition) is 8. The van der Waals surface area contributed by atoms with E-state index in [4.69, 9.17) is 34.4 Å². The van der Waals surface area contributed by atoms with Gasteiger partial charge < -0.3 is 25.0 Å². The first-order valence-corrected chi connectivity index (χ1v) is 13.8. The lowest BCUT2D eigenvalue weighted by Crippen LogP contribution is -2.36. The van der Waals surface area contributed by atoms with Crippen molar-refractivity contribution in [3.8, 4) is 0 Å². The smallest absolute Gasteiger partial charge is 0.475 e. The predicted octanol–water partition coefficient (Wildman–Crippen LogP) is 5.01. The third-order valence-corrected chi connectivity index (χ3v) is 7.19. The number of carboxylic acids is 3. The van der Waals surface area contributed by atoms with Gasteiger partial charge in [0.15, 0.2) is 0 Å². The Hall–Kier alpha value is -3.49. The molecule has 0 amide bonds. The molecule has 2 atom stereocenters. The van der Waals surface area contributed by atoms with Crippen molar-refractivity contribution in [1.82, 2.24) is 14.8 Å². The third kappa shape index (κ3) is 14.7. The van der Waals surface area contributed by atoms with Gasteiger partial charge in [-0.25, -0.2) is 14.4 Å². The maximum atomic E-state index is 10.6. The normalized spacial score (nSPS) is 20.1. The summed E-state index contributed by atoms with van der Waals surface area (Å²) >= 11 is 1.80. The monoisotopic (exact) mass is 699 g/mol. The molecule has 0 saturated carbocycles. The number of pyridine rings is 1. The second-order valence-corrected chi connectivity index (χ2v) is 10.9. The molecule has 1 spiro atoms. The molecule has 46 heavy (non-hydrogen) atoms. The summed E-state index contributed by atoms with van der Waals surface area (Å²) < 4.78 is 101. The topological polar surface area (TPSA) is 140 Å². The minimum Gasteiger partial charge on any atom is -0.475 e. The number of thiophene rings is 1. The highest BCUT2D eigenvalue weighted by atomic mass is 32.1. The molecule has 0 bridgehead atoms. The fourth-order valence-electron chi connectivity index (χ4n) is 4.54. The lowest BCUT2D eigenvalue weighted by Gasteiger charge is -2.30. The zero-order chi connectivity index (χ0) is 35.3. The van der Waals surface area contributed by atoms with Gasteiger partial charge in [-0.05, 0) is 54.5 Å². The molecule has 0 aliphatic carbocycles. The minimum atomic E-state index is -5.08. The van der Waals surface area contributed by atoms with E-state index < -0.39 is 36.4 Å². The number of aliphatic carboxylic acids is 3. The number of carbonyl (C=O) groups is 3. The zero-order valence-corrected chi connectivity index (χ0v) is 24.7. The molecule has 2 saturated heterocycles. The lowest BCUT2D eigenvalue weighted by atomic mass is 9.77. The number of carboxylic acid groups (broad SMARTS) is 3. The van der Waals surface area contributed by atoms with Crippen molar-refractivity contribution in [3.63, 3.8) is 0 Å². The Morgan fingerprint density at radius 3 is 1.91 bits per heavy atom. The first kappa shape index (κ1) is 40.5. The Morgan fingerprint density at radius 1 is 0.935 bits per heavy atom. The summed E-state index contributed by atoms with van der Waals surface area (Å²) in [5.41, 5.74) is 2.87. The van der Waals surface area contributed by atoms with Gasteiger partial charge in [-0.2, -0.15) is 50.9 Å². The molecule has 0 radical (unpaired) electrons. The molecule has 2 aliphatic heterocycles. The Labute approximate surface area is 260 Å². The van der Waals surface area contributed by atoms with E-state index >= 15 is 0 Å². The third-order valence-electron chi connectivity index (χ3n) is 6.46. The second-order valence-electron chi connectivity index (χ2n) is 10.1. The van der Waals surface area contributed by atoms with Gasteiger partial charge >= 0.3 is 36.4 Å². The van der Waals surface area contributed by atoms with Gasteiger partial charge in [0.05, 0.1) is 18.9 Å². The standard InChI is InChI=1S/C20H27N3OS.3C2HF3O2/c1-22-11-18(12-24-13-19-4-2-3-7-21-19)20(15-22)6-8-23(16-20)10-17-5-9-25-14-17;3*3-2(4,5)1(6)7/h2-5,7,9,14,18H,6,8,10-13,15-16H2,1H3;3*(H,6,7)/t18-,20-;;;/m1.../s1. The highest BCUT2D eigenvalue weighted by Crippen LogP contribution is 2.44. The SMILES string of the molecule is CN1C[C@H](COCc2ccccn2)[C@]2(CCN(Cc3ccsc3)C2)C1.O=C(O)C(F)(F)F.O=C(O)C(F)(F)F.O=C(O)C(F)(F)F.